The van der Waals surface area contributed by atoms with Crippen molar-refractivity contribution in [3.63, 3.8) is 0 Å². The van der Waals surface area contributed by atoms with E-state index in [0.29, 0.717) is 0 Å². The van der Waals surface area contributed by atoms with Crippen LogP contribution in [0.5, 0.6) is 0 Å². The van der Waals surface area contributed by atoms with E-state index >= 15 is 0 Å². The Hall–Kier alpha value is 0.440. The molecule has 0 aliphatic heterocycles. The van der Waals surface area contributed by atoms with Crippen molar-refractivity contribution in [3.05, 3.63) is 0 Å². The van der Waals surface area contributed by atoms with E-state index in [2.05, 4.69) is 0 Å². The molecule has 0 spiro atoms. The van der Waals surface area contributed by atoms with Gasteiger partial charge in [-0.1, -0.05) is 0 Å². The molecule has 0 radical (unpaired) electrons. The van der Waals surface area contributed by atoms with Crippen molar-refractivity contribution in [1.29, 1.82) is 0 Å². The quantitative estimate of drug-likeness (QED) is 0.501. The van der Waals surface area contributed by atoms with Gasteiger partial charge in [0.05, 0.1) is 0 Å². The Labute approximate surface area is 70.9 Å². The maximum absolute atomic E-state index is 11.0. The number of hydrogen-bond donors (Lipinski definition) is 0. The van der Waals surface area contributed by atoms with Gasteiger partial charge in [-0.05, 0) is 0 Å². The van der Waals surface area contributed by atoms with Crippen LogP contribution in [0, 0.1) is 0 Å². The Bertz CT molecular complexity index is 182. The first-order chi connectivity index (χ1) is 3.71. The van der Waals surface area contributed by atoms with Gasteiger partial charge >= 0.3 is 28.6 Å². The Balaban J connectivity index is 0. The largest absolute Gasteiger partial charge is 1.00 e. The zero-order valence-corrected chi connectivity index (χ0v) is 6.57. The third-order valence-electron chi connectivity index (χ3n) is 0.340. The van der Waals surface area contributed by atoms with Gasteiger partial charge in [0.2, 0.25) is 0 Å². The standard InChI is InChI=1S/C2H3F3O3S.Ag/c3-2(4,5)1-9(6,7)8;/h1H2,(H,6,7,8);/q;+1/p-1. The summed E-state index contributed by atoms with van der Waals surface area (Å²) in [4.78, 5) is 0. The van der Waals surface area contributed by atoms with Crippen LogP contribution in [-0.4, -0.2) is 24.9 Å². The molecule has 0 saturated heterocycles. The summed E-state index contributed by atoms with van der Waals surface area (Å²) in [6.45, 7) is 0. The fraction of sp³-hybridized carbons (Fsp3) is 1.00. The minimum Gasteiger partial charge on any atom is -0.748 e. The monoisotopic (exact) mass is 270 g/mol. The zero-order chi connectivity index (χ0) is 7.71. The maximum Gasteiger partial charge on any atom is 1.00 e. The van der Waals surface area contributed by atoms with E-state index in [9.17, 15) is 26.1 Å². The third-order valence-corrected chi connectivity index (χ3v) is 1.02. The van der Waals surface area contributed by atoms with Crippen LogP contribution in [0.3, 0.4) is 0 Å². The summed E-state index contributed by atoms with van der Waals surface area (Å²) < 4.78 is 61.0. The van der Waals surface area contributed by atoms with Crippen LogP contribution in [0.1, 0.15) is 0 Å². The fourth-order valence-corrected chi connectivity index (χ4v) is 0.601. The van der Waals surface area contributed by atoms with Crippen molar-refractivity contribution in [2.45, 2.75) is 6.18 Å². The molecular weight excluding hydrogens is 269 g/mol. The van der Waals surface area contributed by atoms with Crippen LogP contribution in [0.25, 0.3) is 0 Å². The van der Waals surface area contributed by atoms with Crippen LogP contribution in [0.15, 0.2) is 0 Å². The number of rotatable bonds is 1. The van der Waals surface area contributed by atoms with E-state index in [1.165, 1.54) is 0 Å². The van der Waals surface area contributed by atoms with E-state index in [-0.39, 0.29) is 22.4 Å². The Morgan fingerprint density at radius 1 is 1.30 bits per heavy atom. The van der Waals surface area contributed by atoms with Gasteiger partial charge < -0.3 is 4.55 Å². The van der Waals surface area contributed by atoms with E-state index < -0.39 is 22.0 Å². The van der Waals surface area contributed by atoms with Crippen LogP contribution >= 0.6 is 0 Å². The van der Waals surface area contributed by atoms with Crippen LogP contribution in [-0.2, 0) is 32.5 Å². The SMILES string of the molecule is O=S(=O)([O-])CC(F)(F)F.[Ag+]. The first-order valence-corrected chi connectivity index (χ1v) is 3.29. The fourth-order valence-electron chi connectivity index (χ4n) is 0.200. The smallest absolute Gasteiger partial charge is 0.748 e. The van der Waals surface area contributed by atoms with Crippen LogP contribution < -0.4 is 0 Å². The summed E-state index contributed by atoms with van der Waals surface area (Å²) in [7, 11) is -5.16. The first-order valence-electron chi connectivity index (χ1n) is 1.71. The second-order valence-electron chi connectivity index (χ2n) is 1.32. The van der Waals surface area contributed by atoms with Crippen molar-refractivity contribution in [3.8, 4) is 0 Å². The molecule has 0 bridgehead atoms. The summed E-state index contributed by atoms with van der Waals surface area (Å²) >= 11 is 0. The van der Waals surface area contributed by atoms with E-state index in [1.54, 1.807) is 0 Å². The van der Waals surface area contributed by atoms with Gasteiger partial charge in [-0.15, -0.1) is 0 Å². The van der Waals surface area contributed by atoms with Crippen molar-refractivity contribution >= 4 is 10.1 Å². The predicted octanol–water partition coefficient (Wildman–Crippen LogP) is 0.0914. The van der Waals surface area contributed by atoms with Crippen molar-refractivity contribution in [2.24, 2.45) is 0 Å². The van der Waals surface area contributed by atoms with Gasteiger partial charge in [-0.3, -0.25) is 0 Å². The molecule has 0 heterocycles. The number of alkyl halides is 3. The predicted molar refractivity (Wildman–Crippen MR) is 20.6 cm³/mol. The van der Waals surface area contributed by atoms with Crippen molar-refractivity contribution < 1.29 is 48.5 Å². The van der Waals surface area contributed by atoms with Gasteiger partial charge in [0.15, 0.2) is 0 Å². The average Bonchev–Trinajstić information content (AvgIpc) is 1.14. The van der Waals surface area contributed by atoms with Crippen molar-refractivity contribution in [2.75, 3.05) is 5.75 Å². The topological polar surface area (TPSA) is 57.2 Å². The molecule has 10 heavy (non-hydrogen) atoms. The summed E-state index contributed by atoms with van der Waals surface area (Å²) in [5.41, 5.74) is 0. The molecule has 8 heteroatoms. The van der Waals surface area contributed by atoms with E-state index in [1.807, 2.05) is 0 Å². The van der Waals surface area contributed by atoms with E-state index in [0.717, 1.165) is 0 Å². The summed E-state index contributed by atoms with van der Waals surface area (Å²) in [5.74, 6) is -2.29. The molecule has 0 atom stereocenters. The summed E-state index contributed by atoms with van der Waals surface area (Å²) in [6, 6.07) is 0. The molecule has 0 aromatic carbocycles. The molecule has 0 aromatic heterocycles. The Morgan fingerprint density at radius 3 is 1.60 bits per heavy atom. The second kappa shape index (κ2) is 3.72. The van der Waals surface area contributed by atoms with Gasteiger partial charge in [0.1, 0.15) is 15.9 Å². The molecule has 0 aliphatic carbocycles. The molecule has 0 N–H and O–H groups in total. The molecular formula is C2H2AgF3O3S. The second-order valence-corrected chi connectivity index (χ2v) is 2.72. The first kappa shape index (κ1) is 13.1. The zero-order valence-electron chi connectivity index (χ0n) is 4.28. The maximum atomic E-state index is 11.0. The molecule has 0 aliphatic rings. The summed E-state index contributed by atoms with van der Waals surface area (Å²) in [6.07, 6.45) is -4.92. The van der Waals surface area contributed by atoms with Gasteiger partial charge in [-0.25, -0.2) is 8.42 Å². The molecule has 3 nitrogen and oxygen atoms in total. The minimum absolute atomic E-state index is 0. The molecule has 66 valence electrons. The average molecular weight is 271 g/mol. The number of hydrogen-bond acceptors (Lipinski definition) is 3. The van der Waals surface area contributed by atoms with Gasteiger partial charge in [-0.2, -0.15) is 13.2 Å². The third kappa shape index (κ3) is 11.3. The molecule has 0 fully saturated rings. The Morgan fingerprint density at radius 2 is 1.60 bits per heavy atom. The minimum atomic E-state index is -5.16. The van der Waals surface area contributed by atoms with Crippen LogP contribution in [0.2, 0.25) is 0 Å². The molecule has 0 rings (SSSR count). The molecule has 0 aromatic rings. The molecule has 0 amide bonds. The van der Waals surface area contributed by atoms with E-state index in [4.69, 9.17) is 0 Å². The number of halogens is 3. The van der Waals surface area contributed by atoms with Crippen molar-refractivity contribution in [1.82, 2.24) is 0 Å². The van der Waals surface area contributed by atoms with Crippen LogP contribution in [0.4, 0.5) is 13.2 Å². The Kier molecular flexibility index (Phi) is 4.86. The summed E-state index contributed by atoms with van der Waals surface area (Å²) in [5, 5.41) is 0. The molecule has 0 saturated carbocycles. The molecule has 0 unspecified atom stereocenters. The van der Waals surface area contributed by atoms with Gasteiger partial charge in [0, 0.05) is 0 Å². The normalized spacial score (nSPS) is 12.4. The van der Waals surface area contributed by atoms with Gasteiger partial charge in [0.25, 0.3) is 0 Å².